The highest BCUT2D eigenvalue weighted by molar-refractivity contribution is 5.83. The largest absolute Gasteiger partial charge is 0.395 e. The van der Waals surface area contributed by atoms with Crippen molar-refractivity contribution in [2.75, 3.05) is 33.8 Å². The molecule has 1 aliphatic carbocycles. The molecule has 4 heteroatoms. The Bertz CT molecular complexity index is 195. The van der Waals surface area contributed by atoms with Crippen molar-refractivity contribution in [2.45, 2.75) is 19.3 Å². The molecular formula is C10H20N2O2. The van der Waals surface area contributed by atoms with Gasteiger partial charge in [-0.1, -0.05) is 6.42 Å². The van der Waals surface area contributed by atoms with Gasteiger partial charge in [0.2, 0.25) is 5.91 Å². The molecule has 0 heterocycles. The molecule has 14 heavy (non-hydrogen) atoms. The number of nitrogens with one attached hydrogen (secondary N) is 1. The van der Waals surface area contributed by atoms with Crippen LogP contribution < -0.4 is 5.32 Å². The Hall–Kier alpha value is -0.610. The highest BCUT2D eigenvalue weighted by atomic mass is 16.3. The van der Waals surface area contributed by atoms with E-state index in [4.69, 9.17) is 5.11 Å². The van der Waals surface area contributed by atoms with E-state index in [0.717, 1.165) is 25.8 Å². The molecule has 1 fully saturated rings. The number of likely N-dealkylation sites (N-methyl/N-ethyl adjacent to an activating group) is 1. The minimum Gasteiger partial charge on any atom is -0.395 e. The van der Waals surface area contributed by atoms with E-state index in [1.165, 1.54) is 0 Å². The van der Waals surface area contributed by atoms with Crippen LogP contribution in [0.4, 0.5) is 0 Å². The van der Waals surface area contributed by atoms with Crippen LogP contribution in [0.15, 0.2) is 0 Å². The average molecular weight is 200 g/mol. The number of nitrogens with zero attached hydrogens (tertiary/aromatic N) is 1. The topological polar surface area (TPSA) is 52.6 Å². The number of aliphatic hydroxyl groups is 1. The first-order valence-corrected chi connectivity index (χ1v) is 5.15. The second kappa shape index (κ2) is 4.75. The fraction of sp³-hybridized carbons (Fsp3) is 0.900. The third-order valence-corrected chi connectivity index (χ3v) is 2.94. The Balaban J connectivity index is 2.27. The molecule has 0 saturated heterocycles. The van der Waals surface area contributed by atoms with Crippen molar-refractivity contribution in [1.82, 2.24) is 10.2 Å². The van der Waals surface area contributed by atoms with Crippen molar-refractivity contribution in [3.05, 3.63) is 0 Å². The molecule has 1 amide bonds. The quantitative estimate of drug-likeness (QED) is 0.647. The van der Waals surface area contributed by atoms with Crippen molar-refractivity contribution in [3.8, 4) is 0 Å². The van der Waals surface area contributed by atoms with Gasteiger partial charge in [-0.25, -0.2) is 0 Å². The van der Waals surface area contributed by atoms with E-state index in [1.54, 1.807) is 0 Å². The second-order valence-electron chi connectivity index (χ2n) is 4.35. The monoisotopic (exact) mass is 200 g/mol. The van der Waals surface area contributed by atoms with Gasteiger partial charge in [-0.15, -0.1) is 0 Å². The molecule has 4 nitrogen and oxygen atoms in total. The lowest BCUT2D eigenvalue weighted by Crippen LogP contribution is -2.49. The number of amides is 1. The maximum absolute atomic E-state index is 11.7. The molecule has 0 aromatic rings. The van der Waals surface area contributed by atoms with Gasteiger partial charge in [0.15, 0.2) is 0 Å². The fourth-order valence-corrected chi connectivity index (χ4v) is 1.64. The van der Waals surface area contributed by atoms with Gasteiger partial charge in [-0.2, -0.15) is 0 Å². The van der Waals surface area contributed by atoms with Crippen molar-refractivity contribution in [2.24, 2.45) is 5.41 Å². The number of hydrogen-bond donors (Lipinski definition) is 2. The van der Waals surface area contributed by atoms with E-state index in [9.17, 15) is 4.79 Å². The molecule has 0 spiro atoms. The molecule has 0 bridgehead atoms. The van der Waals surface area contributed by atoms with Crippen LogP contribution in [-0.2, 0) is 4.79 Å². The van der Waals surface area contributed by atoms with Gasteiger partial charge in [0.1, 0.15) is 0 Å². The highest BCUT2D eigenvalue weighted by Gasteiger charge is 2.43. The van der Waals surface area contributed by atoms with E-state index in [1.807, 2.05) is 19.0 Å². The summed E-state index contributed by atoms with van der Waals surface area (Å²) in [5, 5.41) is 12.0. The Morgan fingerprint density at radius 2 is 2.14 bits per heavy atom. The third kappa shape index (κ3) is 2.45. The van der Waals surface area contributed by atoms with E-state index in [2.05, 4.69) is 5.32 Å². The van der Waals surface area contributed by atoms with Crippen LogP contribution in [0.3, 0.4) is 0 Å². The number of aliphatic hydroxyl groups excluding tert-OH is 1. The fourth-order valence-electron chi connectivity index (χ4n) is 1.64. The summed E-state index contributed by atoms with van der Waals surface area (Å²) in [5.41, 5.74) is -0.452. The molecule has 1 saturated carbocycles. The maximum Gasteiger partial charge on any atom is 0.228 e. The van der Waals surface area contributed by atoms with Crippen molar-refractivity contribution in [1.29, 1.82) is 0 Å². The van der Waals surface area contributed by atoms with Gasteiger partial charge in [-0.05, 0) is 26.9 Å². The first-order chi connectivity index (χ1) is 6.60. The minimum absolute atomic E-state index is 0.0131. The number of carbonyl (C=O) groups excluding carboxylic acids is 1. The summed E-state index contributed by atoms with van der Waals surface area (Å²) in [4.78, 5) is 13.7. The molecule has 0 aliphatic heterocycles. The van der Waals surface area contributed by atoms with Crippen LogP contribution in [0.1, 0.15) is 19.3 Å². The Labute approximate surface area is 85.3 Å². The van der Waals surface area contributed by atoms with Gasteiger partial charge in [0.25, 0.3) is 0 Å². The molecule has 0 aromatic heterocycles. The molecule has 1 rings (SSSR count). The van der Waals surface area contributed by atoms with E-state index < -0.39 is 5.41 Å². The summed E-state index contributed by atoms with van der Waals surface area (Å²) >= 11 is 0. The summed E-state index contributed by atoms with van der Waals surface area (Å²) in [6.45, 7) is 1.49. The Morgan fingerprint density at radius 3 is 2.50 bits per heavy atom. The smallest absolute Gasteiger partial charge is 0.228 e. The van der Waals surface area contributed by atoms with Crippen LogP contribution in [0, 0.1) is 5.41 Å². The zero-order valence-corrected chi connectivity index (χ0v) is 9.05. The first kappa shape index (κ1) is 11.5. The van der Waals surface area contributed by atoms with Gasteiger partial charge >= 0.3 is 0 Å². The van der Waals surface area contributed by atoms with Gasteiger partial charge in [0.05, 0.1) is 12.0 Å². The van der Waals surface area contributed by atoms with Crippen LogP contribution >= 0.6 is 0 Å². The predicted molar refractivity (Wildman–Crippen MR) is 54.9 cm³/mol. The molecule has 1 aliphatic rings. The van der Waals surface area contributed by atoms with E-state index in [0.29, 0.717) is 6.54 Å². The number of carbonyl (C=O) groups is 1. The molecule has 2 N–H and O–H groups in total. The van der Waals surface area contributed by atoms with Gasteiger partial charge < -0.3 is 15.3 Å². The van der Waals surface area contributed by atoms with Crippen molar-refractivity contribution < 1.29 is 9.90 Å². The van der Waals surface area contributed by atoms with Crippen LogP contribution in [-0.4, -0.2) is 49.7 Å². The summed E-state index contributed by atoms with van der Waals surface area (Å²) in [6.07, 6.45) is 2.72. The number of rotatable bonds is 5. The standard InChI is InChI=1S/C10H20N2O2/c1-12(2)7-6-11-9(14)10(8-13)4-3-5-10/h13H,3-8H2,1-2H3,(H,11,14). The number of hydrogen-bond acceptors (Lipinski definition) is 3. The first-order valence-electron chi connectivity index (χ1n) is 5.15. The lowest BCUT2D eigenvalue weighted by atomic mass is 9.69. The van der Waals surface area contributed by atoms with E-state index >= 15 is 0 Å². The maximum atomic E-state index is 11.7. The molecule has 0 aromatic carbocycles. The lowest BCUT2D eigenvalue weighted by molar-refractivity contribution is -0.139. The molecule has 0 unspecified atom stereocenters. The zero-order valence-electron chi connectivity index (χ0n) is 9.05. The Morgan fingerprint density at radius 1 is 1.50 bits per heavy atom. The average Bonchev–Trinajstić information content (AvgIpc) is 2.02. The molecule has 0 atom stereocenters. The predicted octanol–water partition coefficient (Wildman–Crippen LogP) is -0.173. The minimum atomic E-state index is -0.452. The molecule has 82 valence electrons. The molecular weight excluding hydrogens is 180 g/mol. The van der Waals surface area contributed by atoms with Crippen LogP contribution in [0.5, 0.6) is 0 Å². The summed E-state index contributed by atoms with van der Waals surface area (Å²) < 4.78 is 0. The second-order valence-corrected chi connectivity index (χ2v) is 4.35. The third-order valence-electron chi connectivity index (χ3n) is 2.94. The van der Waals surface area contributed by atoms with Crippen LogP contribution in [0.25, 0.3) is 0 Å². The summed E-state index contributed by atoms with van der Waals surface area (Å²) in [7, 11) is 3.94. The summed E-state index contributed by atoms with van der Waals surface area (Å²) in [5.74, 6) is 0.0214. The van der Waals surface area contributed by atoms with Crippen LogP contribution in [0.2, 0.25) is 0 Å². The Kier molecular flexibility index (Phi) is 3.89. The summed E-state index contributed by atoms with van der Waals surface area (Å²) in [6, 6.07) is 0. The zero-order chi connectivity index (χ0) is 10.6. The van der Waals surface area contributed by atoms with Crippen molar-refractivity contribution in [3.63, 3.8) is 0 Å². The highest BCUT2D eigenvalue weighted by Crippen LogP contribution is 2.40. The lowest BCUT2D eigenvalue weighted by Gasteiger charge is -2.38. The van der Waals surface area contributed by atoms with Gasteiger partial charge in [0, 0.05) is 13.1 Å². The SMILES string of the molecule is CN(C)CCNC(=O)C1(CO)CCC1. The van der Waals surface area contributed by atoms with E-state index in [-0.39, 0.29) is 12.5 Å². The normalized spacial score (nSPS) is 19.1. The van der Waals surface area contributed by atoms with Crippen molar-refractivity contribution >= 4 is 5.91 Å². The van der Waals surface area contributed by atoms with Gasteiger partial charge in [-0.3, -0.25) is 4.79 Å². The molecule has 0 radical (unpaired) electrons.